The highest BCUT2D eigenvalue weighted by molar-refractivity contribution is 5.95. The average molecular weight is 372 g/mol. The summed E-state index contributed by atoms with van der Waals surface area (Å²) in [5, 5.41) is 6.99. The number of nitrogens with one attached hydrogen (secondary N) is 2. The minimum Gasteiger partial charge on any atom is -0.352 e. The van der Waals surface area contributed by atoms with E-state index in [1.54, 1.807) is 0 Å². The van der Waals surface area contributed by atoms with E-state index in [0.29, 0.717) is 31.0 Å². The van der Waals surface area contributed by atoms with E-state index < -0.39 is 0 Å². The number of carbonyl (C=O) groups excluding carboxylic acids is 1. The molecule has 2 aliphatic heterocycles. The average Bonchev–Trinajstić information content (AvgIpc) is 3.25. The number of benzene rings is 1. The van der Waals surface area contributed by atoms with Crippen LogP contribution in [0.15, 0.2) is 29.3 Å². The molecule has 0 bridgehead atoms. The highest BCUT2D eigenvalue weighted by atomic mass is 16.2. The van der Waals surface area contributed by atoms with Gasteiger partial charge in [-0.05, 0) is 43.9 Å². The lowest BCUT2D eigenvalue weighted by molar-refractivity contribution is -0.117. The van der Waals surface area contributed by atoms with E-state index in [4.69, 9.17) is 0 Å². The molecular weight excluding hydrogens is 338 g/mol. The Hall–Kier alpha value is -2.08. The van der Waals surface area contributed by atoms with Crippen LogP contribution < -0.4 is 15.5 Å². The molecule has 2 saturated heterocycles. The van der Waals surface area contributed by atoms with Crippen LogP contribution >= 0.6 is 0 Å². The second kappa shape index (κ2) is 8.74. The number of hydrogen-bond acceptors (Lipinski definition) is 3. The summed E-state index contributed by atoms with van der Waals surface area (Å²) in [5.74, 6) is 1.67. The van der Waals surface area contributed by atoms with Crippen LogP contribution in [0.4, 0.5) is 5.69 Å². The summed E-state index contributed by atoms with van der Waals surface area (Å²) in [4.78, 5) is 20.6. The monoisotopic (exact) mass is 371 g/mol. The quantitative estimate of drug-likeness (QED) is 0.615. The number of carbonyl (C=O) groups is 1. The number of guanidine groups is 1. The van der Waals surface area contributed by atoms with Gasteiger partial charge in [-0.3, -0.25) is 14.7 Å². The van der Waals surface area contributed by atoms with Crippen LogP contribution in [0, 0.1) is 5.92 Å². The van der Waals surface area contributed by atoms with Crippen LogP contribution in [0.1, 0.15) is 39.2 Å². The summed E-state index contributed by atoms with van der Waals surface area (Å²) >= 11 is 0. The lowest BCUT2D eigenvalue weighted by Crippen LogP contribution is -2.46. The van der Waals surface area contributed by atoms with E-state index in [-0.39, 0.29) is 5.91 Å². The van der Waals surface area contributed by atoms with Crippen molar-refractivity contribution in [2.45, 2.75) is 52.2 Å². The molecule has 2 N–H and O–H groups in total. The number of nitrogens with zero attached hydrogens (tertiary/aromatic N) is 3. The lowest BCUT2D eigenvalue weighted by Gasteiger charge is -2.22. The van der Waals surface area contributed by atoms with E-state index in [1.807, 2.05) is 24.1 Å². The van der Waals surface area contributed by atoms with Gasteiger partial charge in [-0.1, -0.05) is 19.1 Å². The maximum absolute atomic E-state index is 11.9. The van der Waals surface area contributed by atoms with E-state index >= 15 is 0 Å². The van der Waals surface area contributed by atoms with Gasteiger partial charge in [-0.25, -0.2) is 0 Å². The van der Waals surface area contributed by atoms with Crippen LogP contribution in [0.5, 0.6) is 0 Å². The zero-order valence-electron chi connectivity index (χ0n) is 17.0. The number of rotatable bonds is 5. The number of likely N-dealkylation sites (tertiary alicyclic amines) is 1. The van der Waals surface area contributed by atoms with Crippen LogP contribution in [0.3, 0.4) is 0 Å². The minimum atomic E-state index is 0.228. The van der Waals surface area contributed by atoms with Crippen molar-refractivity contribution in [3.8, 4) is 0 Å². The molecule has 27 heavy (non-hydrogen) atoms. The number of anilines is 1. The number of hydrogen-bond donors (Lipinski definition) is 2. The summed E-state index contributed by atoms with van der Waals surface area (Å²) in [6.07, 6.45) is 1.62. The van der Waals surface area contributed by atoms with Gasteiger partial charge in [0.2, 0.25) is 5.91 Å². The molecule has 0 spiro atoms. The fraction of sp³-hybridized carbons (Fsp3) is 0.619. The van der Waals surface area contributed by atoms with Gasteiger partial charge >= 0.3 is 0 Å². The Balaban J connectivity index is 1.51. The van der Waals surface area contributed by atoms with Crippen molar-refractivity contribution in [1.29, 1.82) is 0 Å². The van der Waals surface area contributed by atoms with E-state index in [0.717, 1.165) is 37.7 Å². The predicted molar refractivity (Wildman–Crippen MR) is 111 cm³/mol. The molecule has 2 aliphatic rings. The molecule has 0 radical (unpaired) electrons. The summed E-state index contributed by atoms with van der Waals surface area (Å²) in [6, 6.07) is 9.24. The Bertz CT molecular complexity index is 670. The zero-order valence-corrected chi connectivity index (χ0v) is 17.0. The van der Waals surface area contributed by atoms with Gasteiger partial charge in [-0.2, -0.15) is 0 Å². The maximum Gasteiger partial charge on any atom is 0.227 e. The lowest BCUT2D eigenvalue weighted by atomic mass is 10.1. The molecule has 2 heterocycles. The molecule has 0 aliphatic carbocycles. The number of amides is 1. The molecule has 3 rings (SSSR count). The third kappa shape index (κ3) is 4.80. The van der Waals surface area contributed by atoms with Gasteiger partial charge in [0, 0.05) is 57.4 Å². The van der Waals surface area contributed by atoms with Crippen LogP contribution in [0.25, 0.3) is 0 Å². The SMILES string of the molecule is CN=C(NCc1ccc(N2CCCC2=O)cc1)NC1CN(C(C)C)CC1C. The molecule has 1 aromatic carbocycles. The van der Waals surface area contributed by atoms with Crippen molar-refractivity contribution in [2.75, 3.05) is 31.6 Å². The van der Waals surface area contributed by atoms with Crippen LogP contribution in [-0.4, -0.2) is 55.5 Å². The fourth-order valence-electron chi connectivity index (χ4n) is 3.88. The van der Waals surface area contributed by atoms with Crippen molar-refractivity contribution in [2.24, 2.45) is 10.9 Å². The van der Waals surface area contributed by atoms with Crippen molar-refractivity contribution in [3.63, 3.8) is 0 Å². The minimum absolute atomic E-state index is 0.228. The van der Waals surface area contributed by atoms with Crippen molar-refractivity contribution in [3.05, 3.63) is 29.8 Å². The van der Waals surface area contributed by atoms with Gasteiger partial charge in [0.15, 0.2) is 5.96 Å². The molecule has 6 nitrogen and oxygen atoms in total. The Morgan fingerprint density at radius 2 is 2.00 bits per heavy atom. The molecule has 0 saturated carbocycles. The van der Waals surface area contributed by atoms with E-state index in [2.05, 4.69) is 53.4 Å². The molecule has 6 heteroatoms. The third-order valence-electron chi connectivity index (χ3n) is 5.70. The first-order chi connectivity index (χ1) is 13.0. The highest BCUT2D eigenvalue weighted by Crippen LogP contribution is 2.21. The topological polar surface area (TPSA) is 60.0 Å². The summed E-state index contributed by atoms with van der Waals surface area (Å²) in [6.45, 7) is 10.5. The Labute approximate surface area is 163 Å². The maximum atomic E-state index is 11.9. The molecule has 1 aromatic rings. The Morgan fingerprint density at radius 1 is 1.26 bits per heavy atom. The molecule has 1 amide bonds. The smallest absolute Gasteiger partial charge is 0.227 e. The van der Waals surface area contributed by atoms with Gasteiger partial charge in [0.25, 0.3) is 0 Å². The normalized spacial score (nSPS) is 24.1. The Morgan fingerprint density at radius 3 is 2.56 bits per heavy atom. The molecule has 0 aromatic heterocycles. The first-order valence-corrected chi connectivity index (χ1v) is 10.1. The second-order valence-electron chi connectivity index (χ2n) is 8.02. The van der Waals surface area contributed by atoms with Crippen molar-refractivity contribution < 1.29 is 4.79 Å². The molecular formula is C21H33N5O. The fourth-order valence-corrected chi connectivity index (χ4v) is 3.88. The van der Waals surface area contributed by atoms with Crippen LogP contribution in [-0.2, 0) is 11.3 Å². The van der Waals surface area contributed by atoms with Crippen molar-refractivity contribution >= 4 is 17.6 Å². The van der Waals surface area contributed by atoms with Gasteiger partial charge in [0.05, 0.1) is 0 Å². The first-order valence-electron chi connectivity index (χ1n) is 10.1. The van der Waals surface area contributed by atoms with Gasteiger partial charge < -0.3 is 15.5 Å². The molecule has 148 valence electrons. The van der Waals surface area contributed by atoms with E-state index in [9.17, 15) is 4.79 Å². The van der Waals surface area contributed by atoms with Gasteiger partial charge in [0.1, 0.15) is 0 Å². The van der Waals surface area contributed by atoms with Gasteiger partial charge in [-0.15, -0.1) is 0 Å². The van der Waals surface area contributed by atoms with Crippen LogP contribution in [0.2, 0.25) is 0 Å². The predicted octanol–water partition coefficient (Wildman–Crippen LogP) is 2.21. The zero-order chi connectivity index (χ0) is 19.4. The molecule has 2 unspecified atom stereocenters. The largest absolute Gasteiger partial charge is 0.352 e. The second-order valence-corrected chi connectivity index (χ2v) is 8.02. The molecule has 2 atom stereocenters. The standard InChI is InChI=1S/C21H33N5O/c1-15(2)25-13-16(3)19(14-25)24-21(22-4)23-12-17-7-9-18(10-8-17)26-11-5-6-20(26)27/h7-10,15-16,19H,5-6,11-14H2,1-4H3,(H2,22,23,24). The number of aliphatic imine (C=N–C) groups is 1. The summed E-state index contributed by atoms with van der Waals surface area (Å²) < 4.78 is 0. The van der Waals surface area contributed by atoms with E-state index in [1.165, 1.54) is 5.56 Å². The summed E-state index contributed by atoms with van der Waals surface area (Å²) in [7, 11) is 1.82. The summed E-state index contributed by atoms with van der Waals surface area (Å²) in [5.41, 5.74) is 2.17. The Kier molecular flexibility index (Phi) is 6.37. The van der Waals surface area contributed by atoms with Crippen molar-refractivity contribution in [1.82, 2.24) is 15.5 Å². The molecule has 2 fully saturated rings. The highest BCUT2D eigenvalue weighted by Gasteiger charge is 2.31. The first kappa shape index (κ1) is 19.7. The third-order valence-corrected chi connectivity index (χ3v) is 5.70.